The number of imidazole rings is 1. The largest absolute Gasteiger partial charge is 0.457 e. The number of para-hydroxylation sites is 3. The molecule has 0 unspecified atom stereocenters. The number of ether oxygens (including phenoxy) is 1. The minimum Gasteiger partial charge on any atom is -0.457 e. The van der Waals surface area contributed by atoms with E-state index in [1.807, 2.05) is 90.3 Å². The van der Waals surface area contributed by atoms with E-state index in [1.54, 1.807) is 11.3 Å². The molecule has 0 bridgehead atoms. The number of rotatable bonds is 4. The van der Waals surface area contributed by atoms with Crippen LogP contribution in [0.3, 0.4) is 0 Å². The number of aromatic nitrogens is 4. The van der Waals surface area contributed by atoms with Crippen molar-refractivity contribution in [3.63, 3.8) is 0 Å². The van der Waals surface area contributed by atoms with Gasteiger partial charge < -0.3 is 4.74 Å². The van der Waals surface area contributed by atoms with Crippen molar-refractivity contribution in [3.05, 3.63) is 96.4 Å². The van der Waals surface area contributed by atoms with Gasteiger partial charge in [-0.1, -0.05) is 36.4 Å². The zero-order valence-corrected chi connectivity index (χ0v) is 17.2. The molecule has 0 N–H and O–H groups in total. The van der Waals surface area contributed by atoms with Gasteiger partial charge in [-0.2, -0.15) is 0 Å². The quantitative estimate of drug-likeness (QED) is 0.327. The minimum atomic E-state index is 0.631. The first kappa shape index (κ1) is 17.8. The van der Waals surface area contributed by atoms with Gasteiger partial charge in [-0.3, -0.25) is 4.57 Å². The molecule has 0 saturated carbocycles. The average molecular weight is 420 g/mol. The van der Waals surface area contributed by atoms with Gasteiger partial charge >= 0.3 is 0 Å². The average Bonchev–Trinajstić information content (AvgIpc) is 3.47. The van der Waals surface area contributed by atoms with Gasteiger partial charge in [0, 0.05) is 5.69 Å². The second-order valence-corrected chi connectivity index (χ2v) is 7.96. The van der Waals surface area contributed by atoms with E-state index in [9.17, 15) is 0 Å². The highest BCUT2D eigenvalue weighted by molar-refractivity contribution is 7.13. The Morgan fingerprint density at radius 1 is 0.645 bits per heavy atom. The van der Waals surface area contributed by atoms with E-state index < -0.39 is 0 Å². The number of thiophene rings is 1. The molecule has 0 saturated heterocycles. The van der Waals surface area contributed by atoms with Crippen molar-refractivity contribution in [1.29, 1.82) is 0 Å². The standard InChI is InChI=1S/C25H16N4OS/c1-2-7-18(8-3-1)30-19-14-12-17(13-15-19)29-24(22-11-6-16-31-22)28-23-25(29)27-21-10-5-4-9-20(21)26-23/h1-16H. The van der Waals surface area contributed by atoms with E-state index in [4.69, 9.17) is 19.7 Å². The van der Waals surface area contributed by atoms with E-state index >= 15 is 0 Å². The topological polar surface area (TPSA) is 52.8 Å². The minimum absolute atomic E-state index is 0.631. The maximum absolute atomic E-state index is 5.95. The molecular weight excluding hydrogens is 404 g/mol. The van der Waals surface area contributed by atoms with Crippen LogP contribution in [0.15, 0.2) is 96.4 Å². The SMILES string of the molecule is c1ccc(Oc2ccc(-n3c(-c4cccs4)nc4nc5ccccc5nc43)cc2)cc1. The smallest absolute Gasteiger partial charge is 0.199 e. The number of benzene rings is 3. The maximum atomic E-state index is 5.95. The van der Waals surface area contributed by atoms with Gasteiger partial charge in [0.25, 0.3) is 0 Å². The summed E-state index contributed by atoms with van der Waals surface area (Å²) in [5, 5.41) is 2.05. The zero-order valence-electron chi connectivity index (χ0n) is 16.3. The Morgan fingerprint density at radius 3 is 2.10 bits per heavy atom. The van der Waals surface area contributed by atoms with Crippen LogP contribution in [0.4, 0.5) is 0 Å². The second kappa shape index (κ2) is 7.34. The van der Waals surface area contributed by atoms with Gasteiger partial charge in [0.2, 0.25) is 0 Å². The van der Waals surface area contributed by atoms with Gasteiger partial charge in [0.05, 0.1) is 15.9 Å². The third-order valence-corrected chi connectivity index (χ3v) is 5.85. The van der Waals surface area contributed by atoms with Gasteiger partial charge in [0.15, 0.2) is 17.1 Å². The summed E-state index contributed by atoms with van der Waals surface area (Å²) in [6.45, 7) is 0. The summed E-state index contributed by atoms with van der Waals surface area (Å²) < 4.78 is 8.01. The molecule has 6 rings (SSSR count). The highest BCUT2D eigenvalue weighted by Gasteiger charge is 2.18. The van der Waals surface area contributed by atoms with Crippen LogP contribution in [0, 0.1) is 0 Å². The van der Waals surface area contributed by atoms with Crippen molar-refractivity contribution >= 4 is 33.7 Å². The lowest BCUT2D eigenvalue weighted by atomic mass is 10.2. The highest BCUT2D eigenvalue weighted by Crippen LogP contribution is 2.32. The molecule has 3 heterocycles. The first-order valence-electron chi connectivity index (χ1n) is 9.88. The number of hydrogen-bond acceptors (Lipinski definition) is 5. The van der Waals surface area contributed by atoms with Crippen molar-refractivity contribution in [2.24, 2.45) is 0 Å². The molecule has 0 amide bonds. The summed E-state index contributed by atoms with van der Waals surface area (Å²) in [5.74, 6) is 2.41. The Kier molecular flexibility index (Phi) is 4.21. The molecule has 0 aliphatic carbocycles. The molecule has 0 spiro atoms. The molecule has 3 aromatic carbocycles. The van der Waals surface area contributed by atoms with E-state index in [0.29, 0.717) is 5.65 Å². The molecule has 6 aromatic rings. The van der Waals surface area contributed by atoms with Gasteiger partial charge in [0.1, 0.15) is 11.5 Å². The fourth-order valence-corrected chi connectivity index (χ4v) is 4.26. The lowest BCUT2D eigenvalue weighted by Gasteiger charge is -2.10. The van der Waals surface area contributed by atoms with Gasteiger partial charge in [-0.25, -0.2) is 15.0 Å². The van der Waals surface area contributed by atoms with Crippen LogP contribution in [0.5, 0.6) is 11.5 Å². The van der Waals surface area contributed by atoms with E-state index in [-0.39, 0.29) is 0 Å². The molecule has 0 radical (unpaired) electrons. The van der Waals surface area contributed by atoms with Crippen LogP contribution in [0.1, 0.15) is 0 Å². The van der Waals surface area contributed by atoms with Crippen molar-refractivity contribution in [3.8, 4) is 27.9 Å². The monoisotopic (exact) mass is 420 g/mol. The molecular formula is C25H16N4OS. The fraction of sp³-hybridized carbons (Fsp3) is 0. The Hall–Kier alpha value is -4.03. The van der Waals surface area contributed by atoms with Gasteiger partial charge in [-0.05, 0) is 60.0 Å². The Morgan fingerprint density at radius 2 is 1.35 bits per heavy atom. The molecule has 0 atom stereocenters. The molecule has 148 valence electrons. The molecule has 0 fully saturated rings. The lowest BCUT2D eigenvalue weighted by molar-refractivity contribution is 0.482. The fourth-order valence-electron chi connectivity index (χ4n) is 3.56. The molecule has 0 aliphatic heterocycles. The number of nitrogens with zero attached hydrogens (tertiary/aromatic N) is 4. The van der Waals surface area contributed by atoms with E-state index in [2.05, 4.69) is 10.6 Å². The first-order chi connectivity index (χ1) is 15.3. The summed E-state index contributed by atoms with van der Waals surface area (Å²) in [6, 6.07) is 29.7. The van der Waals surface area contributed by atoms with Crippen molar-refractivity contribution < 1.29 is 4.74 Å². The lowest BCUT2D eigenvalue weighted by Crippen LogP contribution is -1.98. The van der Waals surface area contributed by atoms with Gasteiger partial charge in [-0.15, -0.1) is 11.3 Å². The van der Waals surface area contributed by atoms with Crippen LogP contribution in [-0.4, -0.2) is 19.5 Å². The molecule has 0 aliphatic rings. The van der Waals surface area contributed by atoms with Crippen molar-refractivity contribution in [2.75, 3.05) is 0 Å². The van der Waals surface area contributed by atoms with Crippen molar-refractivity contribution in [1.82, 2.24) is 19.5 Å². The summed E-state index contributed by atoms with van der Waals surface area (Å²) in [5.41, 5.74) is 4.00. The number of hydrogen-bond donors (Lipinski definition) is 0. The summed E-state index contributed by atoms with van der Waals surface area (Å²) in [7, 11) is 0. The summed E-state index contributed by atoms with van der Waals surface area (Å²) in [4.78, 5) is 15.5. The van der Waals surface area contributed by atoms with Crippen LogP contribution >= 0.6 is 11.3 Å². The molecule has 5 nitrogen and oxygen atoms in total. The number of fused-ring (bicyclic) bond motifs is 2. The molecule has 3 aromatic heterocycles. The summed E-state index contributed by atoms with van der Waals surface area (Å²) >= 11 is 1.65. The summed E-state index contributed by atoms with van der Waals surface area (Å²) in [6.07, 6.45) is 0. The van der Waals surface area contributed by atoms with Crippen LogP contribution in [0.25, 0.3) is 38.7 Å². The van der Waals surface area contributed by atoms with E-state index in [0.717, 1.165) is 44.6 Å². The van der Waals surface area contributed by atoms with Crippen LogP contribution in [-0.2, 0) is 0 Å². The van der Waals surface area contributed by atoms with Crippen molar-refractivity contribution in [2.45, 2.75) is 0 Å². The molecule has 31 heavy (non-hydrogen) atoms. The normalized spacial score (nSPS) is 11.2. The predicted octanol–water partition coefficient (Wildman–Crippen LogP) is 6.49. The Labute approximate surface area is 182 Å². The van der Waals surface area contributed by atoms with Crippen LogP contribution in [0.2, 0.25) is 0 Å². The van der Waals surface area contributed by atoms with E-state index in [1.165, 1.54) is 0 Å². The Bertz CT molecular complexity index is 1490. The second-order valence-electron chi connectivity index (χ2n) is 7.02. The third kappa shape index (κ3) is 3.23. The Balaban J connectivity index is 1.50. The highest BCUT2D eigenvalue weighted by atomic mass is 32.1. The third-order valence-electron chi connectivity index (χ3n) is 4.99. The predicted molar refractivity (Wildman–Crippen MR) is 124 cm³/mol. The zero-order chi connectivity index (χ0) is 20.6. The maximum Gasteiger partial charge on any atom is 0.199 e. The molecule has 6 heteroatoms. The first-order valence-corrected chi connectivity index (χ1v) is 10.8. The van der Waals surface area contributed by atoms with Crippen LogP contribution < -0.4 is 4.74 Å².